The van der Waals surface area contributed by atoms with Crippen LogP contribution in [0.2, 0.25) is 0 Å². The van der Waals surface area contributed by atoms with Crippen LogP contribution in [0.1, 0.15) is 16.8 Å². The number of hydrogen-bond acceptors (Lipinski definition) is 5. The average molecular weight is 265 g/mol. The van der Waals surface area contributed by atoms with E-state index in [0.29, 0.717) is 24.7 Å². The number of nitrogens with zero attached hydrogens (tertiary/aromatic N) is 1. The molecule has 0 aromatic heterocycles. The number of nitro benzene ring substituents is 1. The molecule has 0 spiro atoms. The van der Waals surface area contributed by atoms with E-state index in [1.165, 1.54) is 24.3 Å². The summed E-state index contributed by atoms with van der Waals surface area (Å²) in [6, 6.07) is 5.53. The highest BCUT2D eigenvalue weighted by Gasteiger charge is 2.16. The predicted molar refractivity (Wildman–Crippen MR) is 67.2 cm³/mol. The van der Waals surface area contributed by atoms with E-state index in [1.54, 1.807) is 0 Å². The van der Waals surface area contributed by atoms with Gasteiger partial charge in [-0.25, -0.2) is 0 Å². The molecule has 0 amide bonds. The minimum Gasteiger partial charge on any atom is -0.381 e. The van der Waals surface area contributed by atoms with Crippen LogP contribution in [0.15, 0.2) is 24.3 Å². The van der Waals surface area contributed by atoms with E-state index in [4.69, 9.17) is 9.47 Å². The number of carbonyl (C=O) groups is 1. The Morgan fingerprint density at radius 1 is 1.42 bits per heavy atom. The van der Waals surface area contributed by atoms with E-state index in [2.05, 4.69) is 0 Å². The Labute approximate surface area is 110 Å². The number of nitro groups is 1. The molecule has 102 valence electrons. The minimum absolute atomic E-state index is 0.00564. The standard InChI is InChI=1S/C13H15NO5/c15-13(9-19-8-10-5-6-18-7-10)11-1-3-12(4-2-11)14(16)17/h1-4,10H,5-9H2. The SMILES string of the molecule is O=C(COCC1CCOC1)c1ccc([N+](=O)[O-])cc1. The van der Waals surface area contributed by atoms with Crippen molar-refractivity contribution >= 4 is 11.5 Å². The van der Waals surface area contributed by atoms with Crippen molar-refractivity contribution in [2.45, 2.75) is 6.42 Å². The monoisotopic (exact) mass is 265 g/mol. The number of non-ortho nitro benzene ring substituents is 1. The number of Topliss-reactive ketones (excluding diaryl/α,β-unsaturated/α-hetero) is 1. The summed E-state index contributed by atoms with van der Waals surface area (Å²) in [6.45, 7) is 1.95. The largest absolute Gasteiger partial charge is 0.381 e. The fraction of sp³-hybridized carbons (Fsp3) is 0.462. The molecule has 1 unspecified atom stereocenters. The highest BCUT2D eigenvalue weighted by atomic mass is 16.6. The fourth-order valence-electron chi connectivity index (χ4n) is 1.89. The maximum atomic E-state index is 11.8. The second kappa shape index (κ2) is 6.40. The molecular weight excluding hydrogens is 250 g/mol. The molecule has 6 heteroatoms. The normalized spacial score (nSPS) is 18.4. The van der Waals surface area contributed by atoms with Crippen LogP contribution < -0.4 is 0 Å². The van der Waals surface area contributed by atoms with Crippen LogP contribution in [0.5, 0.6) is 0 Å². The zero-order chi connectivity index (χ0) is 13.7. The van der Waals surface area contributed by atoms with E-state index in [0.717, 1.165) is 13.0 Å². The second-order valence-electron chi connectivity index (χ2n) is 4.47. The van der Waals surface area contributed by atoms with E-state index >= 15 is 0 Å². The lowest BCUT2D eigenvalue weighted by Crippen LogP contribution is -2.15. The van der Waals surface area contributed by atoms with Crippen molar-refractivity contribution in [1.29, 1.82) is 0 Å². The first kappa shape index (κ1) is 13.6. The van der Waals surface area contributed by atoms with Crippen molar-refractivity contribution in [2.75, 3.05) is 26.4 Å². The van der Waals surface area contributed by atoms with Crippen LogP contribution in [0, 0.1) is 16.0 Å². The Bertz CT molecular complexity index is 451. The van der Waals surface area contributed by atoms with Crippen LogP contribution in [-0.4, -0.2) is 37.1 Å². The Morgan fingerprint density at radius 2 is 2.16 bits per heavy atom. The van der Waals surface area contributed by atoms with Gasteiger partial charge in [0.15, 0.2) is 5.78 Å². The molecule has 19 heavy (non-hydrogen) atoms. The molecule has 0 aliphatic carbocycles. The van der Waals surface area contributed by atoms with Gasteiger partial charge in [-0.05, 0) is 18.6 Å². The minimum atomic E-state index is -0.495. The molecule has 0 bridgehead atoms. The van der Waals surface area contributed by atoms with Gasteiger partial charge in [0.1, 0.15) is 6.61 Å². The molecule has 6 nitrogen and oxygen atoms in total. The second-order valence-corrected chi connectivity index (χ2v) is 4.47. The summed E-state index contributed by atoms with van der Waals surface area (Å²) in [5, 5.41) is 10.5. The topological polar surface area (TPSA) is 78.7 Å². The van der Waals surface area contributed by atoms with Gasteiger partial charge in [0.05, 0.1) is 18.1 Å². The molecule has 1 saturated heterocycles. The van der Waals surface area contributed by atoms with Crippen molar-refractivity contribution in [3.63, 3.8) is 0 Å². The van der Waals surface area contributed by atoms with Crippen LogP contribution in [0.25, 0.3) is 0 Å². The van der Waals surface area contributed by atoms with Gasteiger partial charge in [0.2, 0.25) is 0 Å². The van der Waals surface area contributed by atoms with Crippen molar-refractivity contribution in [1.82, 2.24) is 0 Å². The van der Waals surface area contributed by atoms with Crippen molar-refractivity contribution in [2.24, 2.45) is 5.92 Å². The summed E-state index contributed by atoms with van der Waals surface area (Å²) in [5.41, 5.74) is 0.397. The smallest absolute Gasteiger partial charge is 0.269 e. The number of carbonyl (C=O) groups excluding carboxylic acids is 1. The number of benzene rings is 1. The molecule has 1 aromatic carbocycles. The van der Waals surface area contributed by atoms with Gasteiger partial charge in [0.25, 0.3) is 5.69 Å². The summed E-state index contributed by atoms with van der Waals surface area (Å²) >= 11 is 0. The Hall–Kier alpha value is -1.79. The van der Waals surface area contributed by atoms with Crippen molar-refractivity contribution < 1.29 is 19.2 Å². The summed E-state index contributed by atoms with van der Waals surface area (Å²) in [7, 11) is 0. The number of ketones is 1. The summed E-state index contributed by atoms with van der Waals surface area (Å²) in [6.07, 6.45) is 0.964. The van der Waals surface area contributed by atoms with E-state index in [9.17, 15) is 14.9 Å². The number of rotatable bonds is 6. The highest BCUT2D eigenvalue weighted by Crippen LogP contribution is 2.14. The molecule has 1 atom stereocenters. The third-order valence-electron chi connectivity index (χ3n) is 3.01. The molecule has 0 saturated carbocycles. The van der Waals surface area contributed by atoms with Crippen LogP contribution >= 0.6 is 0 Å². The maximum absolute atomic E-state index is 11.8. The number of hydrogen-bond donors (Lipinski definition) is 0. The lowest BCUT2D eigenvalue weighted by Gasteiger charge is -2.07. The molecule has 2 rings (SSSR count). The molecular formula is C13H15NO5. The third kappa shape index (κ3) is 3.84. The first-order chi connectivity index (χ1) is 9.16. The van der Waals surface area contributed by atoms with Gasteiger partial charge < -0.3 is 9.47 Å². The molecule has 1 aromatic rings. The van der Waals surface area contributed by atoms with Crippen LogP contribution in [-0.2, 0) is 9.47 Å². The Balaban J connectivity index is 1.80. The van der Waals surface area contributed by atoms with E-state index in [-0.39, 0.29) is 18.1 Å². The number of ether oxygens (including phenoxy) is 2. The lowest BCUT2D eigenvalue weighted by atomic mass is 10.1. The van der Waals surface area contributed by atoms with Gasteiger partial charge in [-0.1, -0.05) is 0 Å². The molecule has 1 aliphatic heterocycles. The van der Waals surface area contributed by atoms with Crippen molar-refractivity contribution in [3.05, 3.63) is 39.9 Å². The fourth-order valence-corrected chi connectivity index (χ4v) is 1.89. The van der Waals surface area contributed by atoms with E-state index < -0.39 is 4.92 Å². The quantitative estimate of drug-likeness (QED) is 0.445. The van der Waals surface area contributed by atoms with Gasteiger partial charge in [-0.2, -0.15) is 0 Å². The van der Waals surface area contributed by atoms with Gasteiger partial charge in [-0.3, -0.25) is 14.9 Å². The van der Waals surface area contributed by atoms with E-state index in [1.807, 2.05) is 0 Å². The first-order valence-electron chi connectivity index (χ1n) is 6.10. The zero-order valence-electron chi connectivity index (χ0n) is 10.4. The average Bonchev–Trinajstić information content (AvgIpc) is 2.92. The highest BCUT2D eigenvalue weighted by molar-refractivity contribution is 5.97. The Kier molecular flexibility index (Phi) is 4.59. The molecule has 1 aliphatic rings. The first-order valence-corrected chi connectivity index (χ1v) is 6.10. The zero-order valence-corrected chi connectivity index (χ0v) is 10.4. The van der Waals surface area contributed by atoms with Gasteiger partial charge in [-0.15, -0.1) is 0 Å². The molecule has 0 N–H and O–H groups in total. The van der Waals surface area contributed by atoms with Crippen LogP contribution in [0.3, 0.4) is 0 Å². The lowest BCUT2D eigenvalue weighted by molar-refractivity contribution is -0.384. The molecule has 0 radical (unpaired) electrons. The summed E-state index contributed by atoms with van der Waals surface area (Å²) < 4.78 is 10.6. The maximum Gasteiger partial charge on any atom is 0.269 e. The van der Waals surface area contributed by atoms with Crippen molar-refractivity contribution in [3.8, 4) is 0 Å². The van der Waals surface area contributed by atoms with Gasteiger partial charge in [0, 0.05) is 30.2 Å². The van der Waals surface area contributed by atoms with Gasteiger partial charge >= 0.3 is 0 Å². The molecule has 1 heterocycles. The molecule has 1 fully saturated rings. The summed E-state index contributed by atoms with van der Waals surface area (Å²) in [4.78, 5) is 21.8. The van der Waals surface area contributed by atoms with Crippen LogP contribution in [0.4, 0.5) is 5.69 Å². The summed E-state index contributed by atoms with van der Waals surface area (Å²) in [5.74, 6) is 0.193. The predicted octanol–water partition coefficient (Wildman–Crippen LogP) is 1.83. The Morgan fingerprint density at radius 3 is 2.74 bits per heavy atom. The third-order valence-corrected chi connectivity index (χ3v) is 3.01.